The third-order valence-electron chi connectivity index (χ3n) is 3.76. The van der Waals surface area contributed by atoms with Gasteiger partial charge in [0.2, 0.25) is 5.91 Å². The van der Waals surface area contributed by atoms with E-state index in [9.17, 15) is 4.79 Å². The number of hydrogen-bond donors (Lipinski definition) is 2. The van der Waals surface area contributed by atoms with E-state index in [2.05, 4.69) is 15.6 Å². The van der Waals surface area contributed by atoms with Gasteiger partial charge in [-0.15, -0.1) is 0 Å². The van der Waals surface area contributed by atoms with E-state index in [-0.39, 0.29) is 5.91 Å². The van der Waals surface area contributed by atoms with E-state index < -0.39 is 5.41 Å². The molecule has 0 aliphatic heterocycles. The van der Waals surface area contributed by atoms with Gasteiger partial charge in [-0.1, -0.05) is 12.1 Å². The zero-order valence-electron chi connectivity index (χ0n) is 15.6. The number of guanidine groups is 1. The molecule has 0 saturated carbocycles. The van der Waals surface area contributed by atoms with Crippen LogP contribution in [0.25, 0.3) is 0 Å². The summed E-state index contributed by atoms with van der Waals surface area (Å²) in [7, 11) is 5.36. The highest BCUT2D eigenvalue weighted by Gasteiger charge is 2.27. The lowest BCUT2D eigenvalue weighted by atomic mass is 9.92. The standard InChI is InChI=1S/C18H30N4O2/c1-7-24-15-10-8-14(9-11-15)12-22(6)17(20-5)21-13-18(2,3)16(23)19-4/h8-11H,7,12-13H2,1-6H3,(H,19,23)(H,20,21). The molecular weight excluding hydrogens is 304 g/mol. The van der Waals surface area contributed by atoms with Gasteiger partial charge in [0.05, 0.1) is 12.0 Å². The van der Waals surface area contributed by atoms with Gasteiger partial charge in [0.25, 0.3) is 0 Å². The largest absolute Gasteiger partial charge is 0.494 e. The molecule has 0 bridgehead atoms. The number of carbonyl (C=O) groups is 1. The Labute approximate surface area is 145 Å². The summed E-state index contributed by atoms with van der Waals surface area (Å²) in [5.74, 6) is 1.62. The number of benzene rings is 1. The Balaban J connectivity index is 2.63. The average Bonchev–Trinajstić information content (AvgIpc) is 2.56. The molecule has 0 spiro atoms. The molecule has 0 aliphatic carbocycles. The van der Waals surface area contributed by atoms with Crippen molar-refractivity contribution in [2.45, 2.75) is 27.3 Å². The molecule has 0 radical (unpaired) electrons. The first kappa shape index (κ1) is 19.8. The van der Waals surface area contributed by atoms with Crippen molar-refractivity contribution in [3.05, 3.63) is 29.8 Å². The van der Waals surface area contributed by atoms with Gasteiger partial charge in [0.1, 0.15) is 5.75 Å². The Hall–Kier alpha value is -2.24. The van der Waals surface area contributed by atoms with Crippen molar-refractivity contribution in [2.75, 3.05) is 34.3 Å². The summed E-state index contributed by atoms with van der Waals surface area (Å²) >= 11 is 0. The lowest BCUT2D eigenvalue weighted by Crippen LogP contribution is -2.47. The predicted molar refractivity (Wildman–Crippen MR) is 98.3 cm³/mol. The Morgan fingerprint density at radius 3 is 2.42 bits per heavy atom. The molecule has 1 rings (SSSR count). The molecule has 0 saturated heterocycles. The molecule has 0 heterocycles. The monoisotopic (exact) mass is 334 g/mol. The molecule has 6 nitrogen and oxygen atoms in total. The first-order valence-corrected chi connectivity index (χ1v) is 8.19. The van der Waals surface area contributed by atoms with Crippen LogP contribution in [-0.2, 0) is 11.3 Å². The second kappa shape index (κ2) is 9.15. The number of hydrogen-bond acceptors (Lipinski definition) is 3. The van der Waals surface area contributed by atoms with Gasteiger partial charge in [-0.25, -0.2) is 0 Å². The molecule has 0 aliphatic rings. The second-order valence-corrected chi connectivity index (χ2v) is 6.30. The molecule has 0 unspecified atom stereocenters. The van der Waals surface area contributed by atoms with E-state index in [1.54, 1.807) is 14.1 Å². The number of carbonyl (C=O) groups excluding carboxylic acids is 1. The van der Waals surface area contributed by atoms with Crippen LogP contribution < -0.4 is 15.4 Å². The summed E-state index contributed by atoms with van der Waals surface area (Å²) < 4.78 is 5.46. The normalized spacial score (nSPS) is 11.8. The lowest BCUT2D eigenvalue weighted by molar-refractivity contribution is -0.128. The van der Waals surface area contributed by atoms with Crippen molar-refractivity contribution in [2.24, 2.45) is 10.4 Å². The summed E-state index contributed by atoms with van der Waals surface area (Å²) in [4.78, 5) is 18.2. The van der Waals surface area contributed by atoms with E-state index in [4.69, 9.17) is 4.74 Å². The van der Waals surface area contributed by atoms with Gasteiger partial charge >= 0.3 is 0 Å². The number of ether oxygens (including phenoxy) is 1. The van der Waals surface area contributed by atoms with Crippen molar-refractivity contribution >= 4 is 11.9 Å². The summed E-state index contributed by atoms with van der Waals surface area (Å²) in [6, 6.07) is 8.03. The van der Waals surface area contributed by atoms with Crippen LogP contribution in [0.1, 0.15) is 26.3 Å². The van der Waals surface area contributed by atoms with Crippen molar-refractivity contribution < 1.29 is 9.53 Å². The van der Waals surface area contributed by atoms with Crippen LogP contribution in [0, 0.1) is 5.41 Å². The number of nitrogens with zero attached hydrogens (tertiary/aromatic N) is 2. The second-order valence-electron chi connectivity index (χ2n) is 6.30. The van der Waals surface area contributed by atoms with Gasteiger partial charge < -0.3 is 20.3 Å². The zero-order chi connectivity index (χ0) is 18.2. The fraction of sp³-hybridized carbons (Fsp3) is 0.556. The molecule has 0 fully saturated rings. The lowest BCUT2D eigenvalue weighted by Gasteiger charge is -2.27. The van der Waals surface area contributed by atoms with Crippen molar-refractivity contribution in [3.63, 3.8) is 0 Å². The van der Waals surface area contributed by atoms with Gasteiger partial charge in [-0.2, -0.15) is 0 Å². The fourth-order valence-corrected chi connectivity index (χ4v) is 2.31. The average molecular weight is 334 g/mol. The van der Waals surface area contributed by atoms with Crippen molar-refractivity contribution in [1.29, 1.82) is 0 Å². The fourth-order valence-electron chi connectivity index (χ4n) is 2.31. The smallest absolute Gasteiger partial charge is 0.227 e. The van der Waals surface area contributed by atoms with Gasteiger partial charge in [-0.3, -0.25) is 9.79 Å². The van der Waals surface area contributed by atoms with E-state index in [0.717, 1.165) is 17.3 Å². The van der Waals surface area contributed by atoms with Gasteiger partial charge in [0, 0.05) is 34.2 Å². The summed E-state index contributed by atoms with van der Waals surface area (Å²) in [5, 5.41) is 5.95. The van der Waals surface area contributed by atoms with E-state index in [1.165, 1.54) is 0 Å². The maximum Gasteiger partial charge on any atom is 0.227 e. The Bertz CT molecular complexity index is 553. The third kappa shape index (κ3) is 5.76. The van der Waals surface area contributed by atoms with Crippen molar-refractivity contribution in [3.8, 4) is 5.75 Å². The minimum atomic E-state index is -0.509. The Morgan fingerprint density at radius 1 is 1.29 bits per heavy atom. The SMILES string of the molecule is CCOc1ccc(CN(C)C(=NC)NCC(C)(C)C(=O)NC)cc1. The van der Waals surface area contributed by atoms with Gasteiger partial charge in [0.15, 0.2) is 5.96 Å². The Kier molecular flexibility index (Phi) is 7.55. The van der Waals surface area contributed by atoms with Crippen LogP contribution in [-0.4, -0.2) is 51.1 Å². The molecule has 0 aromatic heterocycles. The maximum absolute atomic E-state index is 11.9. The van der Waals surface area contributed by atoms with Gasteiger partial charge in [-0.05, 0) is 38.5 Å². The molecule has 1 amide bonds. The highest BCUT2D eigenvalue weighted by Crippen LogP contribution is 2.15. The number of rotatable bonds is 7. The number of amides is 1. The highest BCUT2D eigenvalue weighted by molar-refractivity contribution is 5.84. The quantitative estimate of drug-likeness (QED) is 0.590. The predicted octanol–water partition coefficient (Wildman–Crippen LogP) is 1.86. The van der Waals surface area contributed by atoms with Crippen molar-refractivity contribution in [1.82, 2.24) is 15.5 Å². The van der Waals surface area contributed by atoms with Crippen LogP contribution >= 0.6 is 0 Å². The minimum Gasteiger partial charge on any atom is -0.494 e. The number of aliphatic imine (C=N–C) groups is 1. The number of nitrogens with one attached hydrogen (secondary N) is 2. The molecule has 134 valence electrons. The van der Waals surface area contributed by atoms with Crippen LogP contribution in [0.4, 0.5) is 0 Å². The third-order valence-corrected chi connectivity index (χ3v) is 3.76. The van der Waals surface area contributed by atoms with Crippen LogP contribution in [0.2, 0.25) is 0 Å². The van der Waals surface area contributed by atoms with E-state index >= 15 is 0 Å². The summed E-state index contributed by atoms with van der Waals surface area (Å²) in [6.07, 6.45) is 0. The first-order valence-electron chi connectivity index (χ1n) is 8.19. The van der Waals surface area contributed by atoms with E-state index in [0.29, 0.717) is 19.7 Å². The van der Waals surface area contributed by atoms with Crippen LogP contribution in [0.3, 0.4) is 0 Å². The maximum atomic E-state index is 11.9. The first-order chi connectivity index (χ1) is 11.3. The molecule has 0 atom stereocenters. The topological polar surface area (TPSA) is 66.0 Å². The molecule has 1 aromatic rings. The van der Waals surface area contributed by atoms with Crippen LogP contribution in [0.5, 0.6) is 5.75 Å². The Morgan fingerprint density at radius 2 is 1.92 bits per heavy atom. The van der Waals surface area contributed by atoms with E-state index in [1.807, 2.05) is 57.0 Å². The molecule has 2 N–H and O–H groups in total. The molecular formula is C18H30N4O2. The molecule has 6 heteroatoms. The molecule has 1 aromatic carbocycles. The molecule has 24 heavy (non-hydrogen) atoms. The minimum absolute atomic E-state index is 0.000353. The summed E-state index contributed by atoms with van der Waals surface area (Å²) in [6.45, 7) is 7.66. The highest BCUT2D eigenvalue weighted by atomic mass is 16.5. The zero-order valence-corrected chi connectivity index (χ0v) is 15.6. The van der Waals surface area contributed by atoms with Crippen LogP contribution in [0.15, 0.2) is 29.3 Å². The summed E-state index contributed by atoms with van der Waals surface area (Å²) in [5.41, 5.74) is 0.652.